The molecule has 1 N–H and O–H groups in total. The molecule has 0 atom stereocenters. The molecule has 1 heterocycles. The maximum atomic E-state index is 11.9. The van der Waals surface area contributed by atoms with E-state index in [1.54, 1.807) is 13.8 Å². The normalized spacial score (nSPS) is 9.95. The molecule has 0 radical (unpaired) electrons. The van der Waals surface area contributed by atoms with E-state index in [0.29, 0.717) is 0 Å². The number of esters is 2. The Hall–Kier alpha value is -2.44. The first kappa shape index (κ1) is 15.6. The molecule has 0 saturated carbocycles. The molecule has 0 saturated heterocycles. The minimum absolute atomic E-state index is 0.0971. The number of nitrogens with one attached hydrogen (secondary N) is 1. The molecule has 108 valence electrons. The Morgan fingerprint density at radius 2 is 1.60 bits per heavy atom. The van der Waals surface area contributed by atoms with Crippen LogP contribution in [0.4, 0.5) is 0 Å². The first-order valence-electron chi connectivity index (χ1n) is 6.14. The van der Waals surface area contributed by atoms with Crippen molar-refractivity contribution in [2.75, 3.05) is 13.2 Å². The van der Waals surface area contributed by atoms with Crippen molar-refractivity contribution in [3.8, 4) is 0 Å². The fourth-order valence-electron chi connectivity index (χ4n) is 1.38. The number of carbonyl (C=O) groups excluding carboxylic acids is 3. The van der Waals surface area contributed by atoms with Crippen LogP contribution >= 0.6 is 0 Å². The SMILES string of the molecule is CCOC(=O)C(NC(=O)c1ccncc1)C(=O)OCC. The molecule has 7 heteroatoms. The van der Waals surface area contributed by atoms with Gasteiger partial charge >= 0.3 is 11.9 Å². The van der Waals surface area contributed by atoms with Crippen molar-refractivity contribution < 1.29 is 23.9 Å². The van der Waals surface area contributed by atoms with Gasteiger partial charge in [0.2, 0.25) is 6.04 Å². The summed E-state index contributed by atoms with van der Waals surface area (Å²) in [6.07, 6.45) is 2.86. The van der Waals surface area contributed by atoms with Gasteiger partial charge in [0, 0.05) is 18.0 Å². The molecule has 0 aliphatic heterocycles. The summed E-state index contributed by atoms with van der Waals surface area (Å²) in [7, 11) is 0. The lowest BCUT2D eigenvalue weighted by atomic mass is 10.2. The molecule has 7 nitrogen and oxygen atoms in total. The van der Waals surface area contributed by atoms with E-state index in [2.05, 4.69) is 10.3 Å². The van der Waals surface area contributed by atoms with Gasteiger partial charge in [-0.1, -0.05) is 0 Å². The van der Waals surface area contributed by atoms with Crippen LogP contribution in [-0.2, 0) is 19.1 Å². The summed E-state index contributed by atoms with van der Waals surface area (Å²) in [6.45, 7) is 3.40. The predicted octanol–water partition coefficient (Wildman–Crippen LogP) is 0.306. The van der Waals surface area contributed by atoms with Crippen molar-refractivity contribution in [2.24, 2.45) is 0 Å². The Morgan fingerprint density at radius 1 is 1.10 bits per heavy atom. The largest absolute Gasteiger partial charge is 0.464 e. The zero-order valence-electron chi connectivity index (χ0n) is 11.3. The Balaban J connectivity index is 2.81. The zero-order chi connectivity index (χ0) is 15.0. The molecule has 1 aromatic heterocycles. The highest BCUT2D eigenvalue weighted by atomic mass is 16.6. The van der Waals surface area contributed by atoms with E-state index >= 15 is 0 Å². The highest BCUT2D eigenvalue weighted by Crippen LogP contribution is 2.00. The smallest absolute Gasteiger partial charge is 0.340 e. The Labute approximate surface area is 116 Å². The number of pyridine rings is 1. The predicted molar refractivity (Wildman–Crippen MR) is 68.8 cm³/mol. The summed E-state index contributed by atoms with van der Waals surface area (Å²) in [5.41, 5.74) is 0.276. The van der Waals surface area contributed by atoms with Gasteiger partial charge in [-0.05, 0) is 26.0 Å². The third-order valence-corrected chi connectivity index (χ3v) is 2.26. The lowest BCUT2D eigenvalue weighted by molar-refractivity contribution is -0.157. The molecule has 0 aliphatic carbocycles. The molecule has 1 amide bonds. The van der Waals surface area contributed by atoms with E-state index in [-0.39, 0.29) is 18.8 Å². The number of rotatable bonds is 6. The van der Waals surface area contributed by atoms with Crippen molar-refractivity contribution >= 4 is 17.8 Å². The van der Waals surface area contributed by atoms with Crippen LogP contribution in [0.1, 0.15) is 24.2 Å². The van der Waals surface area contributed by atoms with Gasteiger partial charge in [0.05, 0.1) is 13.2 Å². The molecule has 1 rings (SSSR count). The molecular formula is C13H16N2O5. The van der Waals surface area contributed by atoms with Gasteiger partial charge < -0.3 is 14.8 Å². The van der Waals surface area contributed by atoms with E-state index in [9.17, 15) is 14.4 Å². The second-order valence-corrected chi connectivity index (χ2v) is 3.65. The third-order valence-electron chi connectivity index (χ3n) is 2.26. The van der Waals surface area contributed by atoms with E-state index in [0.717, 1.165) is 0 Å². The minimum Gasteiger partial charge on any atom is -0.464 e. The van der Waals surface area contributed by atoms with Crippen molar-refractivity contribution in [1.82, 2.24) is 10.3 Å². The summed E-state index contributed by atoms with van der Waals surface area (Å²) in [6, 6.07) is 1.45. The molecule has 0 bridgehead atoms. The van der Waals surface area contributed by atoms with E-state index < -0.39 is 23.9 Å². The number of nitrogens with zero attached hydrogens (tertiary/aromatic N) is 1. The average molecular weight is 280 g/mol. The quantitative estimate of drug-likeness (QED) is 0.595. The number of aromatic nitrogens is 1. The van der Waals surface area contributed by atoms with Crippen LogP contribution in [0, 0.1) is 0 Å². The van der Waals surface area contributed by atoms with Crippen LogP contribution in [0.2, 0.25) is 0 Å². The number of hydrogen-bond acceptors (Lipinski definition) is 6. The standard InChI is InChI=1S/C13H16N2O5/c1-3-19-12(17)10(13(18)20-4-2)15-11(16)9-5-7-14-8-6-9/h5-8,10H,3-4H2,1-2H3,(H,15,16). The van der Waals surface area contributed by atoms with Crippen LogP contribution in [-0.4, -0.2) is 42.1 Å². The molecule has 0 fully saturated rings. The lowest BCUT2D eigenvalue weighted by Crippen LogP contribution is -2.48. The molecular weight excluding hydrogens is 264 g/mol. The highest BCUT2D eigenvalue weighted by Gasteiger charge is 2.31. The summed E-state index contributed by atoms with van der Waals surface area (Å²) < 4.78 is 9.48. The van der Waals surface area contributed by atoms with Gasteiger partial charge in [0.15, 0.2) is 0 Å². The van der Waals surface area contributed by atoms with Gasteiger partial charge in [-0.15, -0.1) is 0 Å². The van der Waals surface area contributed by atoms with Gasteiger partial charge in [-0.25, -0.2) is 9.59 Å². The minimum atomic E-state index is -1.48. The van der Waals surface area contributed by atoms with Crippen LogP contribution in [0.5, 0.6) is 0 Å². The van der Waals surface area contributed by atoms with Crippen molar-refractivity contribution in [2.45, 2.75) is 19.9 Å². The molecule has 20 heavy (non-hydrogen) atoms. The molecule has 0 aromatic carbocycles. The maximum Gasteiger partial charge on any atom is 0.340 e. The van der Waals surface area contributed by atoms with E-state index in [4.69, 9.17) is 9.47 Å². The Kier molecular flexibility index (Phi) is 6.15. The average Bonchev–Trinajstić information content (AvgIpc) is 2.45. The number of hydrogen-bond donors (Lipinski definition) is 1. The molecule has 0 unspecified atom stereocenters. The van der Waals surface area contributed by atoms with Crippen LogP contribution < -0.4 is 5.32 Å². The third kappa shape index (κ3) is 4.34. The van der Waals surface area contributed by atoms with Gasteiger partial charge in [-0.2, -0.15) is 0 Å². The molecule has 1 aromatic rings. The van der Waals surface area contributed by atoms with Gasteiger partial charge in [-0.3, -0.25) is 9.78 Å². The Bertz CT molecular complexity index is 457. The first-order valence-corrected chi connectivity index (χ1v) is 6.14. The summed E-state index contributed by atoms with van der Waals surface area (Å²) >= 11 is 0. The summed E-state index contributed by atoms with van der Waals surface area (Å²) in [5, 5.41) is 2.29. The lowest BCUT2D eigenvalue weighted by Gasteiger charge is -2.15. The highest BCUT2D eigenvalue weighted by molar-refractivity contribution is 6.05. The molecule has 0 aliphatic rings. The fraction of sp³-hybridized carbons (Fsp3) is 0.385. The van der Waals surface area contributed by atoms with Crippen LogP contribution in [0.15, 0.2) is 24.5 Å². The number of carbonyl (C=O) groups is 3. The van der Waals surface area contributed by atoms with E-state index in [1.807, 2.05) is 0 Å². The first-order chi connectivity index (χ1) is 9.60. The van der Waals surface area contributed by atoms with Crippen molar-refractivity contribution in [3.63, 3.8) is 0 Å². The molecule has 0 spiro atoms. The Morgan fingerprint density at radius 3 is 2.05 bits per heavy atom. The second kappa shape index (κ2) is 7.88. The number of amides is 1. The van der Waals surface area contributed by atoms with Gasteiger partial charge in [0.25, 0.3) is 5.91 Å². The van der Waals surface area contributed by atoms with E-state index in [1.165, 1.54) is 24.5 Å². The maximum absolute atomic E-state index is 11.9. The second-order valence-electron chi connectivity index (χ2n) is 3.65. The van der Waals surface area contributed by atoms with Crippen molar-refractivity contribution in [3.05, 3.63) is 30.1 Å². The monoisotopic (exact) mass is 280 g/mol. The van der Waals surface area contributed by atoms with Crippen LogP contribution in [0.25, 0.3) is 0 Å². The zero-order valence-corrected chi connectivity index (χ0v) is 11.3. The summed E-state index contributed by atoms with van der Waals surface area (Å²) in [4.78, 5) is 39.0. The number of ether oxygens (including phenoxy) is 2. The fourth-order valence-corrected chi connectivity index (χ4v) is 1.38. The van der Waals surface area contributed by atoms with Gasteiger partial charge in [0.1, 0.15) is 0 Å². The van der Waals surface area contributed by atoms with Crippen molar-refractivity contribution in [1.29, 1.82) is 0 Å². The topological polar surface area (TPSA) is 94.6 Å². The van der Waals surface area contributed by atoms with Crippen LogP contribution in [0.3, 0.4) is 0 Å². The summed E-state index contributed by atoms with van der Waals surface area (Å²) in [5.74, 6) is -2.29.